The molecule has 0 saturated carbocycles. The van der Waals surface area contributed by atoms with Crippen molar-refractivity contribution in [1.29, 1.82) is 0 Å². The fourth-order valence-corrected chi connectivity index (χ4v) is 2.26. The summed E-state index contributed by atoms with van der Waals surface area (Å²) in [7, 11) is 4.95. The summed E-state index contributed by atoms with van der Waals surface area (Å²) < 4.78 is 12.6. The van der Waals surface area contributed by atoms with Crippen molar-refractivity contribution < 1.29 is 9.47 Å². The van der Waals surface area contributed by atoms with Gasteiger partial charge in [-0.15, -0.1) is 10.2 Å². The third-order valence-corrected chi connectivity index (χ3v) is 3.53. The van der Waals surface area contributed by atoms with Crippen LogP contribution < -0.4 is 20.1 Å². The van der Waals surface area contributed by atoms with E-state index in [-0.39, 0.29) is 0 Å². The number of ether oxygens (including phenoxy) is 2. The number of guanidine groups is 1. The lowest BCUT2D eigenvalue weighted by Gasteiger charge is -2.14. The van der Waals surface area contributed by atoms with Crippen molar-refractivity contribution in [3.8, 4) is 11.5 Å². The van der Waals surface area contributed by atoms with Gasteiger partial charge in [-0.2, -0.15) is 0 Å². The fourth-order valence-electron chi connectivity index (χ4n) is 2.26. The van der Waals surface area contributed by atoms with E-state index in [2.05, 4.69) is 32.7 Å². The third-order valence-electron chi connectivity index (χ3n) is 3.53. The Labute approximate surface area is 141 Å². The zero-order chi connectivity index (χ0) is 17.4. The maximum absolute atomic E-state index is 5.31. The lowest BCUT2D eigenvalue weighted by Crippen LogP contribution is -2.33. The van der Waals surface area contributed by atoms with Crippen molar-refractivity contribution in [3.63, 3.8) is 0 Å². The molecule has 0 radical (unpaired) electrons. The van der Waals surface area contributed by atoms with Gasteiger partial charge in [-0.05, 0) is 12.1 Å². The molecule has 8 nitrogen and oxygen atoms in total. The molecule has 2 aromatic rings. The normalized spacial score (nSPS) is 11.2. The third kappa shape index (κ3) is 4.37. The van der Waals surface area contributed by atoms with Crippen molar-refractivity contribution in [2.24, 2.45) is 4.99 Å². The fraction of sp³-hybridized carbons (Fsp3) is 0.438. The first-order chi connectivity index (χ1) is 11.7. The van der Waals surface area contributed by atoms with E-state index < -0.39 is 0 Å². The Balaban J connectivity index is 1.93. The Kier molecular flexibility index (Phi) is 6.41. The SMILES string of the molecule is CCc1nncn1CCNC(=NC)Nc1ccc(OC)c(OC)c1. The predicted octanol–water partition coefficient (Wildman–Crippen LogP) is 1.55. The summed E-state index contributed by atoms with van der Waals surface area (Å²) in [4.78, 5) is 4.22. The molecule has 0 aliphatic carbocycles. The number of anilines is 1. The summed E-state index contributed by atoms with van der Waals surface area (Å²) in [5, 5.41) is 14.5. The Morgan fingerprint density at radius 3 is 2.71 bits per heavy atom. The molecule has 0 amide bonds. The number of rotatable bonds is 7. The number of aliphatic imine (C=N–C) groups is 1. The second-order valence-corrected chi connectivity index (χ2v) is 4.99. The van der Waals surface area contributed by atoms with Crippen LogP contribution in [0.15, 0.2) is 29.5 Å². The highest BCUT2D eigenvalue weighted by molar-refractivity contribution is 5.93. The highest BCUT2D eigenvalue weighted by Crippen LogP contribution is 2.29. The molecule has 0 fully saturated rings. The van der Waals surface area contributed by atoms with Crippen LogP contribution in [0.2, 0.25) is 0 Å². The standard InChI is InChI=1S/C16H24N6O2/c1-5-15-21-19-11-22(15)9-8-18-16(17-2)20-12-6-7-13(23-3)14(10-12)24-4/h6-7,10-11H,5,8-9H2,1-4H3,(H2,17,18,20). The molecule has 1 heterocycles. The van der Waals surface area contributed by atoms with Gasteiger partial charge in [-0.3, -0.25) is 4.99 Å². The molecule has 0 atom stereocenters. The van der Waals surface area contributed by atoms with Gasteiger partial charge in [0.2, 0.25) is 0 Å². The number of hydrogen-bond donors (Lipinski definition) is 2. The van der Waals surface area contributed by atoms with E-state index in [0.29, 0.717) is 24.0 Å². The van der Waals surface area contributed by atoms with Crippen LogP contribution in [0.3, 0.4) is 0 Å². The van der Waals surface area contributed by atoms with Gasteiger partial charge in [-0.1, -0.05) is 6.92 Å². The van der Waals surface area contributed by atoms with E-state index in [9.17, 15) is 0 Å². The van der Waals surface area contributed by atoms with E-state index in [0.717, 1.165) is 24.5 Å². The van der Waals surface area contributed by atoms with Crippen LogP contribution >= 0.6 is 0 Å². The molecule has 24 heavy (non-hydrogen) atoms. The van der Waals surface area contributed by atoms with Gasteiger partial charge in [0.15, 0.2) is 17.5 Å². The largest absolute Gasteiger partial charge is 0.493 e. The van der Waals surface area contributed by atoms with Gasteiger partial charge in [0, 0.05) is 38.3 Å². The number of nitrogens with zero attached hydrogens (tertiary/aromatic N) is 4. The van der Waals surface area contributed by atoms with E-state index >= 15 is 0 Å². The molecule has 0 aliphatic heterocycles. The molecule has 0 bridgehead atoms. The molecule has 2 N–H and O–H groups in total. The van der Waals surface area contributed by atoms with Gasteiger partial charge in [-0.25, -0.2) is 0 Å². The Morgan fingerprint density at radius 2 is 2.04 bits per heavy atom. The van der Waals surface area contributed by atoms with Crippen molar-refractivity contribution >= 4 is 11.6 Å². The molecule has 1 aromatic carbocycles. The molecule has 1 aromatic heterocycles. The summed E-state index contributed by atoms with van der Waals surface area (Å²) in [6, 6.07) is 5.61. The molecule has 130 valence electrons. The van der Waals surface area contributed by atoms with Crippen LogP contribution in [0.1, 0.15) is 12.7 Å². The highest BCUT2D eigenvalue weighted by atomic mass is 16.5. The number of hydrogen-bond acceptors (Lipinski definition) is 5. The van der Waals surface area contributed by atoms with Crippen LogP contribution in [-0.4, -0.2) is 48.5 Å². The summed E-state index contributed by atoms with van der Waals surface area (Å²) in [5.74, 6) is 2.99. The summed E-state index contributed by atoms with van der Waals surface area (Å²) in [6.07, 6.45) is 2.60. The Morgan fingerprint density at radius 1 is 1.25 bits per heavy atom. The minimum absolute atomic E-state index is 0.662. The number of nitrogens with one attached hydrogen (secondary N) is 2. The van der Waals surface area contributed by atoms with Gasteiger partial charge in [0.1, 0.15) is 12.2 Å². The van der Waals surface area contributed by atoms with Crippen LogP contribution in [0, 0.1) is 0 Å². The maximum Gasteiger partial charge on any atom is 0.195 e. The Bertz CT molecular complexity index is 683. The molecule has 2 rings (SSSR count). The van der Waals surface area contributed by atoms with Crippen molar-refractivity contribution in [2.75, 3.05) is 33.1 Å². The van der Waals surface area contributed by atoms with Crippen LogP contribution in [0.4, 0.5) is 5.69 Å². The van der Waals surface area contributed by atoms with Crippen molar-refractivity contribution in [1.82, 2.24) is 20.1 Å². The van der Waals surface area contributed by atoms with Crippen molar-refractivity contribution in [3.05, 3.63) is 30.4 Å². The van der Waals surface area contributed by atoms with E-state index in [1.807, 2.05) is 22.8 Å². The number of aromatic nitrogens is 3. The van der Waals surface area contributed by atoms with E-state index in [4.69, 9.17) is 9.47 Å². The van der Waals surface area contributed by atoms with Crippen LogP contribution in [0.25, 0.3) is 0 Å². The summed E-state index contributed by atoms with van der Waals surface area (Å²) in [5.41, 5.74) is 0.860. The van der Waals surface area contributed by atoms with Crippen LogP contribution in [-0.2, 0) is 13.0 Å². The van der Waals surface area contributed by atoms with Gasteiger partial charge in [0.25, 0.3) is 0 Å². The zero-order valence-corrected chi connectivity index (χ0v) is 14.5. The lowest BCUT2D eigenvalue weighted by atomic mass is 10.3. The van der Waals surface area contributed by atoms with E-state index in [1.165, 1.54) is 0 Å². The van der Waals surface area contributed by atoms with Crippen LogP contribution in [0.5, 0.6) is 11.5 Å². The van der Waals surface area contributed by atoms with Gasteiger partial charge < -0.3 is 24.7 Å². The zero-order valence-electron chi connectivity index (χ0n) is 14.5. The molecule has 0 spiro atoms. The molecular weight excluding hydrogens is 308 g/mol. The molecule has 0 saturated heterocycles. The second kappa shape index (κ2) is 8.76. The average molecular weight is 332 g/mol. The summed E-state index contributed by atoms with van der Waals surface area (Å²) >= 11 is 0. The lowest BCUT2D eigenvalue weighted by molar-refractivity contribution is 0.355. The topological polar surface area (TPSA) is 85.6 Å². The number of methoxy groups -OCH3 is 2. The minimum atomic E-state index is 0.662. The average Bonchev–Trinajstić information content (AvgIpc) is 3.08. The first-order valence-electron chi connectivity index (χ1n) is 7.78. The van der Waals surface area contributed by atoms with Crippen molar-refractivity contribution in [2.45, 2.75) is 19.9 Å². The van der Waals surface area contributed by atoms with E-state index in [1.54, 1.807) is 27.6 Å². The smallest absolute Gasteiger partial charge is 0.195 e. The molecule has 8 heteroatoms. The quantitative estimate of drug-likeness (QED) is 0.591. The Hall–Kier alpha value is -2.77. The van der Waals surface area contributed by atoms with Gasteiger partial charge >= 0.3 is 0 Å². The second-order valence-electron chi connectivity index (χ2n) is 4.99. The maximum atomic E-state index is 5.31. The summed E-state index contributed by atoms with van der Waals surface area (Å²) in [6.45, 7) is 3.53. The predicted molar refractivity (Wildman–Crippen MR) is 93.9 cm³/mol. The monoisotopic (exact) mass is 332 g/mol. The molecule has 0 aliphatic rings. The first-order valence-corrected chi connectivity index (χ1v) is 7.78. The molecule has 0 unspecified atom stereocenters. The minimum Gasteiger partial charge on any atom is -0.493 e. The highest BCUT2D eigenvalue weighted by Gasteiger charge is 2.06. The first kappa shape index (κ1) is 17.6. The molecular formula is C16H24N6O2. The number of aryl methyl sites for hydroxylation is 1. The van der Waals surface area contributed by atoms with Gasteiger partial charge in [0.05, 0.1) is 14.2 Å². The number of benzene rings is 1.